The van der Waals surface area contributed by atoms with Crippen molar-refractivity contribution in [1.82, 2.24) is 14.8 Å². The van der Waals surface area contributed by atoms with Crippen molar-refractivity contribution < 1.29 is 4.39 Å². The van der Waals surface area contributed by atoms with Crippen LogP contribution in [0.2, 0.25) is 0 Å². The van der Waals surface area contributed by atoms with E-state index < -0.39 is 0 Å². The third-order valence-corrected chi connectivity index (χ3v) is 3.54. The molecular formula is C14H16FN3. The van der Waals surface area contributed by atoms with Crippen molar-refractivity contribution >= 4 is 0 Å². The molecule has 0 spiro atoms. The molecule has 1 heterocycles. The van der Waals surface area contributed by atoms with E-state index in [9.17, 15) is 4.39 Å². The fourth-order valence-corrected chi connectivity index (χ4v) is 2.31. The minimum atomic E-state index is -0.115. The molecule has 2 aromatic rings. The van der Waals surface area contributed by atoms with Crippen molar-refractivity contribution in [2.45, 2.75) is 38.6 Å². The minimum Gasteiger partial charge on any atom is -0.317 e. The van der Waals surface area contributed by atoms with Crippen LogP contribution in [0.5, 0.6) is 0 Å². The molecule has 1 fully saturated rings. The van der Waals surface area contributed by atoms with Gasteiger partial charge >= 0.3 is 0 Å². The second-order valence-corrected chi connectivity index (χ2v) is 4.94. The third-order valence-electron chi connectivity index (χ3n) is 3.54. The minimum absolute atomic E-state index is 0.115. The largest absolute Gasteiger partial charge is 0.317 e. The van der Waals surface area contributed by atoms with Gasteiger partial charge in [-0.25, -0.2) is 4.39 Å². The molecule has 0 unspecified atom stereocenters. The molecular weight excluding hydrogens is 229 g/mol. The standard InChI is InChI=1S/C14H16FN3/c1-10-3-2-4-13(15)12(10)7-8-18-9-16-17-14(18)11-5-6-11/h2-4,9,11H,5-8H2,1H3. The molecule has 0 atom stereocenters. The summed E-state index contributed by atoms with van der Waals surface area (Å²) in [6.45, 7) is 2.70. The van der Waals surface area contributed by atoms with E-state index in [1.807, 2.05) is 13.0 Å². The number of benzene rings is 1. The summed E-state index contributed by atoms with van der Waals surface area (Å²) in [6.07, 6.45) is 4.86. The summed E-state index contributed by atoms with van der Waals surface area (Å²) < 4.78 is 15.8. The second kappa shape index (κ2) is 4.52. The summed E-state index contributed by atoms with van der Waals surface area (Å²) in [5, 5.41) is 8.11. The Kier molecular flexibility index (Phi) is 2.86. The lowest BCUT2D eigenvalue weighted by molar-refractivity contribution is 0.583. The first-order valence-electron chi connectivity index (χ1n) is 6.37. The summed E-state index contributed by atoms with van der Waals surface area (Å²) >= 11 is 0. The molecule has 0 saturated heterocycles. The van der Waals surface area contributed by atoms with Gasteiger partial charge < -0.3 is 4.57 Å². The lowest BCUT2D eigenvalue weighted by atomic mass is 10.1. The fraction of sp³-hybridized carbons (Fsp3) is 0.429. The van der Waals surface area contributed by atoms with E-state index in [0.29, 0.717) is 12.3 Å². The second-order valence-electron chi connectivity index (χ2n) is 4.94. The van der Waals surface area contributed by atoms with Crippen molar-refractivity contribution in [3.63, 3.8) is 0 Å². The van der Waals surface area contributed by atoms with Gasteiger partial charge in [0.15, 0.2) is 0 Å². The Morgan fingerprint density at radius 3 is 2.94 bits per heavy atom. The molecule has 0 N–H and O–H groups in total. The maximum Gasteiger partial charge on any atom is 0.135 e. The quantitative estimate of drug-likeness (QED) is 0.829. The molecule has 1 aliphatic carbocycles. The van der Waals surface area contributed by atoms with Gasteiger partial charge in [-0.15, -0.1) is 10.2 Å². The molecule has 1 aromatic heterocycles. The molecule has 3 rings (SSSR count). The molecule has 3 nitrogen and oxygen atoms in total. The van der Waals surface area contributed by atoms with Crippen LogP contribution in [0, 0.1) is 12.7 Å². The normalized spacial score (nSPS) is 15.0. The van der Waals surface area contributed by atoms with Crippen LogP contribution in [0.3, 0.4) is 0 Å². The highest BCUT2D eigenvalue weighted by Crippen LogP contribution is 2.38. The summed E-state index contributed by atoms with van der Waals surface area (Å²) in [5.41, 5.74) is 1.81. The van der Waals surface area contributed by atoms with Crippen molar-refractivity contribution in [3.05, 3.63) is 47.3 Å². The first kappa shape index (κ1) is 11.4. The van der Waals surface area contributed by atoms with Gasteiger partial charge in [0.1, 0.15) is 18.0 Å². The van der Waals surface area contributed by atoms with Gasteiger partial charge in [0.2, 0.25) is 0 Å². The number of rotatable bonds is 4. The molecule has 94 valence electrons. The zero-order valence-corrected chi connectivity index (χ0v) is 10.4. The molecule has 1 saturated carbocycles. The molecule has 0 radical (unpaired) electrons. The zero-order valence-electron chi connectivity index (χ0n) is 10.4. The molecule has 18 heavy (non-hydrogen) atoms. The van der Waals surface area contributed by atoms with E-state index in [2.05, 4.69) is 14.8 Å². The monoisotopic (exact) mass is 245 g/mol. The number of hydrogen-bond donors (Lipinski definition) is 0. The van der Waals surface area contributed by atoms with E-state index in [-0.39, 0.29) is 5.82 Å². The molecule has 1 aliphatic rings. The molecule has 1 aromatic carbocycles. The van der Waals surface area contributed by atoms with Gasteiger partial charge in [-0.05, 0) is 43.4 Å². The number of aromatic nitrogens is 3. The van der Waals surface area contributed by atoms with Gasteiger partial charge in [-0.1, -0.05) is 12.1 Å². The van der Waals surface area contributed by atoms with E-state index in [1.165, 1.54) is 18.9 Å². The Balaban J connectivity index is 1.76. The Labute approximate surface area is 106 Å². The molecule has 0 aliphatic heterocycles. The highest BCUT2D eigenvalue weighted by Gasteiger charge is 2.28. The number of hydrogen-bond acceptors (Lipinski definition) is 2. The Morgan fingerprint density at radius 1 is 1.39 bits per heavy atom. The lowest BCUT2D eigenvalue weighted by Crippen LogP contribution is -2.06. The Morgan fingerprint density at radius 2 is 2.22 bits per heavy atom. The Bertz CT molecular complexity index is 538. The maximum atomic E-state index is 13.7. The smallest absolute Gasteiger partial charge is 0.135 e. The predicted molar refractivity (Wildman–Crippen MR) is 66.8 cm³/mol. The Hall–Kier alpha value is -1.71. The number of nitrogens with zero attached hydrogens (tertiary/aromatic N) is 3. The van der Waals surface area contributed by atoms with Crippen LogP contribution in [0.4, 0.5) is 4.39 Å². The van der Waals surface area contributed by atoms with E-state index >= 15 is 0 Å². The average molecular weight is 245 g/mol. The van der Waals surface area contributed by atoms with E-state index in [1.54, 1.807) is 12.4 Å². The number of halogens is 1. The van der Waals surface area contributed by atoms with Gasteiger partial charge in [-0.2, -0.15) is 0 Å². The van der Waals surface area contributed by atoms with Gasteiger partial charge in [-0.3, -0.25) is 0 Å². The lowest BCUT2D eigenvalue weighted by Gasteiger charge is -2.09. The van der Waals surface area contributed by atoms with Crippen molar-refractivity contribution in [3.8, 4) is 0 Å². The molecule has 0 bridgehead atoms. The summed E-state index contributed by atoms with van der Waals surface area (Å²) in [4.78, 5) is 0. The predicted octanol–water partition coefficient (Wildman–Crippen LogP) is 2.85. The average Bonchev–Trinajstić information content (AvgIpc) is 3.09. The SMILES string of the molecule is Cc1cccc(F)c1CCn1cnnc1C1CC1. The maximum absolute atomic E-state index is 13.7. The molecule has 4 heteroatoms. The van der Waals surface area contributed by atoms with Gasteiger partial charge in [0.05, 0.1) is 0 Å². The summed E-state index contributed by atoms with van der Waals surface area (Å²) in [7, 11) is 0. The van der Waals surface area contributed by atoms with Crippen LogP contribution in [-0.2, 0) is 13.0 Å². The topological polar surface area (TPSA) is 30.7 Å². The third kappa shape index (κ3) is 2.15. The van der Waals surface area contributed by atoms with Crippen LogP contribution in [0.1, 0.15) is 35.7 Å². The highest BCUT2D eigenvalue weighted by atomic mass is 19.1. The summed E-state index contributed by atoms with van der Waals surface area (Å²) in [6, 6.07) is 5.23. The van der Waals surface area contributed by atoms with Crippen LogP contribution < -0.4 is 0 Å². The fourth-order valence-electron chi connectivity index (χ4n) is 2.31. The van der Waals surface area contributed by atoms with Crippen LogP contribution in [0.25, 0.3) is 0 Å². The van der Waals surface area contributed by atoms with Crippen LogP contribution in [-0.4, -0.2) is 14.8 Å². The van der Waals surface area contributed by atoms with Crippen molar-refractivity contribution in [2.75, 3.05) is 0 Å². The van der Waals surface area contributed by atoms with Crippen molar-refractivity contribution in [2.24, 2.45) is 0 Å². The zero-order chi connectivity index (χ0) is 12.5. The number of aryl methyl sites for hydroxylation is 2. The van der Waals surface area contributed by atoms with E-state index in [4.69, 9.17) is 0 Å². The molecule has 0 amide bonds. The van der Waals surface area contributed by atoms with E-state index in [0.717, 1.165) is 23.5 Å². The van der Waals surface area contributed by atoms with Gasteiger partial charge in [0, 0.05) is 12.5 Å². The first-order chi connectivity index (χ1) is 8.75. The van der Waals surface area contributed by atoms with Gasteiger partial charge in [0.25, 0.3) is 0 Å². The van der Waals surface area contributed by atoms with Crippen LogP contribution in [0.15, 0.2) is 24.5 Å². The first-order valence-corrected chi connectivity index (χ1v) is 6.37. The van der Waals surface area contributed by atoms with Crippen LogP contribution >= 0.6 is 0 Å². The highest BCUT2D eigenvalue weighted by molar-refractivity contribution is 5.27. The van der Waals surface area contributed by atoms with Crippen molar-refractivity contribution in [1.29, 1.82) is 0 Å². The summed E-state index contributed by atoms with van der Waals surface area (Å²) in [5.74, 6) is 1.52.